The molecular formula is C26H32NO3P. The summed E-state index contributed by atoms with van der Waals surface area (Å²) in [6.45, 7) is 11.6. The maximum absolute atomic E-state index is 13.5. The van der Waals surface area contributed by atoms with Gasteiger partial charge in [-0.05, 0) is 90.1 Å². The summed E-state index contributed by atoms with van der Waals surface area (Å²) in [4.78, 5) is 2.18. The lowest BCUT2D eigenvalue weighted by atomic mass is 10.1. The molecule has 0 bridgehead atoms. The number of aryl methyl sites for hydroxylation is 2. The molecule has 0 aromatic heterocycles. The molecule has 0 aliphatic rings. The summed E-state index contributed by atoms with van der Waals surface area (Å²) in [5.41, 5.74) is 5.50. The molecular weight excluding hydrogens is 405 g/mol. The predicted molar refractivity (Wildman–Crippen MR) is 130 cm³/mol. The van der Waals surface area contributed by atoms with E-state index in [9.17, 15) is 4.57 Å². The first-order valence-electron chi connectivity index (χ1n) is 10.7. The van der Waals surface area contributed by atoms with Gasteiger partial charge in [-0.25, -0.2) is 0 Å². The van der Waals surface area contributed by atoms with E-state index in [1.807, 2.05) is 52.0 Å². The molecule has 0 amide bonds. The lowest BCUT2D eigenvalue weighted by Crippen LogP contribution is -2.17. The summed E-state index contributed by atoms with van der Waals surface area (Å²) in [6.07, 6.45) is -0.415. The van der Waals surface area contributed by atoms with E-state index in [0.29, 0.717) is 5.30 Å². The molecule has 3 rings (SSSR count). The second-order valence-corrected chi connectivity index (χ2v) is 10.3. The number of hydrogen-bond acceptors (Lipinski definition) is 4. The quantitative estimate of drug-likeness (QED) is 0.343. The van der Waals surface area contributed by atoms with Crippen molar-refractivity contribution in [3.05, 3.63) is 83.9 Å². The van der Waals surface area contributed by atoms with Crippen LogP contribution in [0.4, 0.5) is 17.1 Å². The third-order valence-corrected chi connectivity index (χ3v) is 7.04. The molecule has 0 unspecified atom stereocenters. The topological polar surface area (TPSA) is 38.8 Å². The zero-order valence-electron chi connectivity index (χ0n) is 19.2. The minimum Gasteiger partial charge on any atom is -0.311 e. The van der Waals surface area contributed by atoms with Crippen LogP contribution < -0.4 is 10.2 Å². The monoisotopic (exact) mass is 437 g/mol. The second kappa shape index (κ2) is 9.82. The molecule has 4 nitrogen and oxygen atoms in total. The first-order chi connectivity index (χ1) is 14.7. The molecule has 3 aromatic carbocycles. The van der Waals surface area contributed by atoms with Crippen LogP contribution in [0.15, 0.2) is 72.8 Å². The van der Waals surface area contributed by atoms with Crippen molar-refractivity contribution in [2.45, 2.75) is 53.8 Å². The van der Waals surface area contributed by atoms with Crippen molar-refractivity contribution in [2.75, 3.05) is 4.90 Å². The Balaban J connectivity index is 2.03. The van der Waals surface area contributed by atoms with Crippen LogP contribution in [0, 0.1) is 13.8 Å². The van der Waals surface area contributed by atoms with Gasteiger partial charge in [-0.1, -0.05) is 35.4 Å². The smallest absolute Gasteiger partial charge is 0.311 e. The van der Waals surface area contributed by atoms with Gasteiger partial charge in [0.15, 0.2) is 0 Å². The molecule has 0 N–H and O–H groups in total. The Hall–Kier alpha value is -2.39. The normalized spacial score (nSPS) is 11.9. The zero-order valence-corrected chi connectivity index (χ0v) is 20.1. The summed E-state index contributed by atoms with van der Waals surface area (Å²) < 4.78 is 25.0. The second-order valence-electron chi connectivity index (χ2n) is 8.33. The summed E-state index contributed by atoms with van der Waals surface area (Å²) in [6, 6.07) is 24.5. The third-order valence-electron chi connectivity index (χ3n) is 4.71. The minimum atomic E-state index is -3.41. The molecule has 31 heavy (non-hydrogen) atoms. The van der Waals surface area contributed by atoms with E-state index in [-0.39, 0.29) is 12.2 Å². The van der Waals surface area contributed by atoms with Crippen LogP contribution in [0.1, 0.15) is 38.8 Å². The Labute approximate surface area is 186 Å². The van der Waals surface area contributed by atoms with Crippen molar-refractivity contribution >= 4 is 30.0 Å². The van der Waals surface area contributed by atoms with Gasteiger partial charge in [0, 0.05) is 17.1 Å². The number of hydrogen-bond donors (Lipinski definition) is 0. The Morgan fingerprint density at radius 2 is 0.935 bits per heavy atom. The molecule has 0 heterocycles. The van der Waals surface area contributed by atoms with Crippen molar-refractivity contribution in [3.8, 4) is 0 Å². The van der Waals surface area contributed by atoms with Gasteiger partial charge in [0.2, 0.25) is 0 Å². The molecule has 0 atom stereocenters. The molecule has 0 aliphatic carbocycles. The largest absolute Gasteiger partial charge is 0.361 e. The summed E-state index contributed by atoms with van der Waals surface area (Å²) >= 11 is 0. The van der Waals surface area contributed by atoms with E-state index in [4.69, 9.17) is 9.05 Å². The number of anilines is 3. The first kappa shape index (κ1) is 23.3. The predicted octanol–water partition coefficient (Wildman–Crippen LogP) is 7.44. The fourth-order valence-corrected chi connectivity index (χ4v) is 5.24. The molecule has 0 spiro atoms. The number of nitrogens with zero attached hydrogens (tertiary/aromatic N) is 1. The van der Waals surface area contributed by atoms with Crippen molar-refractivity contribution in [3.63, 3.8) is 0 Å². The van der Waals surface area contributed by atoms with E-state index in [0.717, 1.165) is 17.1 Å². The van der Waals surface area contributed by atoms with Gasteiger partial charge in [0.05, 0.1) is 17.5 Å². The Kier molecular flexibility index (Phi) is 7.38. The number of rotatable bonds is 8. The van der Waals surface area contributed by atoms with Gasteiger partial charge in [0.1, 0.15) is 0 Å². The highest BCUT2D eigenvalue weighted by atomic mass is 31.2. The van der Waals surface area contributed by atoms with Crippen LogP contribution in [0.5, 0.6) is 0 Å². The average Bonchev–Trinajstić information content (AvgIpc) is 2.70. The average molecular weight is 438 g/mol. The molecule has 3 aromatic rings. The lowest BCUT2D eigenvalue weighted by molar-refractivity contribution is 0.150. The summed E-state index contributed by atoms with van der Waals surface area (Å²) in [5.74, 6) is 0. The highest BCUT2D eigenvalue weighted by Gasteiger charge is 2.30. The van der Waals surface area contributed by atoms with Crippen LogP contribution in [0.25, 0.3) is 0 Å². The molecule has 0 radical (unpaired) electrons. The summed E-state index contributed by atoms with van der Waals surface area (Å²) in [7, 11) is -3.41. The highest BCUT2D eigenvalue weighted by Crippen LogP contribution is 2.49. The minimum absolute atomic E-state index is 0.208. The SMILES string of the molecule is Cc1ccc(N(c2ccc(C)cc2)c2ccc(P(=O)(OC(C)C)OC(C)C)cc2)cc1. The molecule has 0 aliphatic heterocycles. The highest BCUT2D eigenvalue weighted by molar-refractivity contribution is 7.62. The molecule has 0 saturated heterocycles. The van der Waals surface area contributed by atoms with E-state index in [1.165, 1.54) is 11.1 Å². The first-order valence-corrected chi connectivity index (χ1v) is 12.2. The maximum Gasteiger partial charge on any atom is 0.361 e. The fraction of sp³-hybridized carbons (Fsp3) is 0.308. The van der Waals surface area contributed by atoms with Crippen molar-refractivity contribution in [1.29, 1.82) is 0 Å². The molecule has 5 heteroatoms. The molecule has 0 saturated carbocycles. The summed E-state index contributed by atoms with van der Waals surface area (Å²) in [5, 5.41) is 0.561. The standard InChI is InChI=1S/C26H32NO3P/c1-19(2)29-31(28,30-20(3)4)26-17-15-25(16-18-26)27(23-11-7-21(5)8-12-23)24-13-9-22(6)10-14-24/h7-20H,1-6H3. The molecule has 164 valence electrons. The van der Waals surface area contributed by atoms with E-state index in [1.54, 1.807) is 0 Å². The fourth-order valence-electron chi connectivity index (χ4n) is 3.32. The van der Waals surface area contributed by atoms with Crippen molar-refractivity contribution < 1.29 is 13.6 Å². The van der Waals surface area contributed by atoms with Crippen LogP contribution in [0.3, 0.4) is 0 Å². The zero-order chi connectivity index (χ0) is 22.6. The van der Waals surface area contributed by atoms with Crippen LogP contribution >= 0.6 is 7.60 Å². The Bertz CT molecular complexity index is 966. The van der Waals surface area contributed by atoms with Gasteiger partial charge in [-0.3, -0.25) is 4.57 Å². The molecule has 0 fully saturated rings. The van der Waals surface area contributed by atoms with Crippen LogP contribution in [-0.2, 0) is 13.6 Å². The number of benzene rings is 3. The van der Waals surface area contributed by atoms with Gasteiger partial charge < -0.3 is 13.9 Å². The third kappa shape index (κ3) is 5.86. The lowest BCUT2D eigenvalue weighted by Gasteiger charge is -2.27. The Morgan fingerprint density at radius 3 is 1.26 bits per heavy atom. The van der Waals surface area contributed by atoms with Crippen LogP contribution in [0.2, 0.25) is 0 Å². The van der Waals surface area contributed by atoms with E-state index >= 15 is 0 Å². The van der Waals surface area contributed by atoms with Gasteiger partial charge in [-0.2, -0.15) is 0 Å². The van der Waals surface area contributed by atoms with E-state index < -0.39 is 7.60 Å². The van der Waals surface area contributed by atoms with Gasteiger partial charge in [0.25, 0.3) is 0 Å². The van der Waals surface area contributed by atoms with Gasteiger partial charge in [-0.15, -0.1) is 0 Å². The van der Waals surface area contributed by atoms with E-state index in [2.05, 4.69) is 67.3 Å². The van der Waals surface area contributed by atoms with Crippen molar-refractivity contribution in [1.82, 2.24) is 0 Å². The Morgan fingerprint density at radius 1 is 0.613 bits per heavy atom. The van der Waals surface area contributed by atoms with Crippen molar-refractivity contribution in [2.24, 2.45) is 0 Å². The van der Waals surface area contributed by atoms with Gasteiger partial charge >= 0.3 is 7.60 Å². The maximum atomic E-state index is 13.5. The van der Waals surface area contributed by atoms with Crippen LogP contribution in [-0.4, -0.2) is 12.2 Å².